The van der Waals surface area contributed by atoms with Crippen LogP contribution in [0.15, 0.2) is 46.1 Å². The number of hydrogen-bond donors (Lipinski definition) is 1. The molecule has 1 aliphatic carbocycles. The van der Waals surface area contributed by atoms with Gasteiger partial charge < -0.3 is 14.3 Å². The van der Waals surface area contributed by atoms with Gasteiger partial charge in [0.15, 0.2) is 19.8 Å². The van der Waals surface area contributed by atoms with Gasteiger partial charge in [-0.05, 0) is 89.8 Å². The largest absolute Gasteiger partial charge is 0.493 e. The molecule has 0 aliphatic heterocycles. The van der Waals surface area contributed by atoms with Crippen molar-refractivity contribution in [2.24, 2.45) is 11.8 Å². The van der Waals surface area contributed by atoms with Crippen LogP contribution in [0.5, 0.6) is 11.5 Å². The second-order valence-electron chi connectivity index (χ2n) is 10.5. The predicted molar refractivity (Wildman–Crippen MR) is 140 cm³/mol. The second kappa shape index (κ2) is 9.51. The van der Waals surface area contributed by atoms with E-state index >= 15 is 0 Å². The molecule has 0 bridgehead atoms. The standard InChI is InChI=1S/C25H34BrN3O4Si/c1-25(2,34(4,5)31)11-10-18(17-6-7-17)15-33-22-9-8-20(13-23(22)32-3)28-16-27-29-14-19(26)12-21(29)24(28)30/h8-9,12-14,16-18,31H,6-7,10-11,15H2,1-5H3. The van der Waals surface area contributed by atoms with Crippen LogP contribution in [-0.2, 0) is 0 Å². The maximum absolute atomic E-state index is 12.9. The number of aromatic nitrogens is 3. The molecule has 2 heterocycles. The summed E-state index contributed by atoms with van der Waals surface area (Å²) in [5.74, 6) is 2.41. The van der Waals surface area contributed by atoms with Crippen LogP contribution in [0.1, 0.15) is 39.5 Å². The molecule has 184 valence electrons. The molecule has 1 atom stereocenters. The molecule has 0 radical (unpaired) electrons. The fourth-order valence-corrected chi connectivity index (χ4v) is 5.31. The van der Waals surface area contributed by atoms with Gasteiger partial charge in [-0.15, -0.1) is 0 Å². The fraction of sp³-hybridized carbons (Fsp3) is 0.520. The van der Waals surface area contributed by atoms with Crippen molar-refractivity contribution >= 4 is 29.8 Å². The van der Waals surface area contributed by atoms with Crippen LogP contribution in [0.2, 0.25) is 18.1 Å². The lowest BCUT2D eigenvalue weighted by Crippen LogP contribution is -2.39. The number of halogens is 1. The van der Waals surface area contributed by atoms with Gasteiger partial charge in [0.25, 0.3) is 5.56 Å². The first-order chi connectivity index (χ1) is 16.0. The van der Waals surface area contributed by atoms with Crippen molar-refractivity contribution in [3.63, 3.8) is 0 Å². The van der Waals surface area contributed by atoms with Crippen LogP contribution in [-0.4, -0.2) is 41.0 Å². The van der Waals surface area contributed by atoms with E-state index < -0.39 is 8.32 Å². The Morgan fingerprint density at radius 2 is 2.00 bits per heavy atom. The lowest BCUT2D eigenvalue weighted by atomic mass is 9.94. The summed E-state index contributed by atoms with van der Waals surface area (Å²) in [6.07, 6.45) is 7.80. The highest BCUT2D eigenvalue weighted by Gasteiger charge is 2.40. The molecule has 1 aromatic carbocycles. The normalized spacial score (nSPS) is 15.5. The lowest BCUT2D eigenvalue weighted by Gasteiger charge is -2.36. The minimum Gasteiger partial charge on any atom is -0.493 e. The van der Waals surface area contributed by atoms with Crippen LogP contribution >= 0.6 is 15.9 Å². The van der Waals surface area contributed by atoms with E-state index in [4.69, 9.17) is 9.47 Å². The van der Waals surface area contributed by atoms with Crippen molar-refractivity contribution in [1.82, 2.24) is 14.2 Å². The Labute approximate surface area is 210 Å². The van der Waals surface area contributed by atoms with Crippen LogP contribution in [0.25, 0.3) is 11.2 Å². The first-order valence-electron chi connectivity index (χ1n) is 11.8. The van der Waals surface area contributed by atoms with Gasteiger partial charge in [0.2, 0.25) is 0 Å². The molecule has 9 heteroatoms. The van der Waals surface area contributed by atoms with E-state index in [9.17, 15) is 9.59 Å². The Morgan fingerprint density at radius 1 is 1.26 bits per heavy atom. The van der Waals surface area contributed by atoms with E-state index in [1.54, 1.807) is 23.9 Å². The highest BCUT2D eigenvalue weighted by molar-refractivity contribution is 9.10. The zero-order chi connectivity index (χ0) is 24.7. The minimum absolute atomic E-state index is 0.0303. The third-order valence-electron chi connectivity index (χ3n) is 7.46. The van der Waals surface area contributed by atoms with Crippen LogP contribution in [0.4, 0.5) is 0 Å². The first-order valence-corrected chi connectivity index (χ1v) is 15.5. The highest BCUT2D eigenvalue weighted by Crippen LogP contribution is 2.45. The summed E-state index contributed by atoms with van der Waals surface area (Å²) < 4.78 is 15.7. The third-order valence-corrected chi connectivity index (χ3v) is 11.5. The molecule has 1 N–H and O–H groups in total. The number of nitrogens with zero attached hydrogens (tertiary/aromatic N) is 3. The average molecular weight is 549 g/mol. The van der Waals surface area contributed by atoms with Crippen LogP contribution in [0.3, 0.4) is 0 Å². The summed E-state index contributed by atoms with van der Waals surface area (Å²) in [5.41, 5.74) is 0.985. The van der Waals surface area contributed by atoms with Gasteiger partial charge in [0.1, 0.15) is 11.8 Å². The molecule has 0 amide bonds. The van der Waals surface area contributed by atoms with Gasteiger partial charge in [-0.3, -0.25) is 9.36 Å². The SMILES string of the molecule is COc1cc(-n2cnn3cc(Br)cc3c2=O)ccc1OCC(CCC(C)(C)[Si](C)(C)O)C1CC1. The minimum atomic E-state index is -2.22. The molecule has 2 aromatic heterocycles. The summed E-state index contributed by atoms with van der Waals surface area (Å²) >= 11 is 3.39. The molecule has 0 saturated heterocycles. The summed E-state index contributed by atoms with van der Waals surface area (Å²) in [6, 6.07) is 7.27. The molecule has 34 heavy (non-hydrogen) atoms. The molecular formula is C25H34BrN3O4Si. The van der Waals surface area contributed by atoms with Crippen molar-refractivity contribution < 1.29 is 14.3 Å². The van der Waals surface area contributed by atoms with E-state index in [0.717, 1.165) is 17.3 Å². The molecule has 1 unspecified atom stereocenters. The number of rotatable bonds is 10. The van der Waals surface area contributed by atoms with Crippen molar-refractivity contribution in [2.45, 2.75) is 57.7 Å². The third kappa shape index (κ3) is 5.26. The molecule has 1 saturated carbocycles. The zero-order valence-electron chi connectivity index (χ0n) is 20.5. The zero-order valence-corrected chi connectivity index (χ0v) is 23.1. The quantitative estimate of drug-likeness (QED) is 0.343. The number of methoxy groups -OCH3 is 1. The van der Waals surface area contributed by atoms with Crippen molar-refractivity contribution in [1.29, 1.82) is 0 Å². The molecule has 1 aliphatic rings. The summed E-state index contributed by atoms with van der Waals surface area (Å²) in [7, 11) is -0.618. The van der Waals surface area contributed by atoms with Crippen molar-refractivity contribution in [3.8, 4) is 17.2 Å². The highest BCUT2D eigenvalue weighted by atomic mass is 79.9. The second-order valence-corrected chi connectivity index (χ2v) is 15.9. The van der Waals surface area contributed by atoms with Gasteiger partial charge in [-0.2, -0.15) is 5.10 Å². The average Bonchev–Trinajstić information content (AvgIpc) is 3.54. The number of fused-ring (bicyclic) bond motifs is 1. The molecule has 1 fully saturated rings. The van der Waals surface area contributed by atoms with E-state index in [2.05, 4.69) is 34.9 Å². The van der Waals surface area contributed by atoms with E-state index in [0.29, 0.717) is 41.1 Å². The Morgan fingerprint density at radius 3 is 2.65 bits per heavy atom. The maximum atomic E-state index is 12.9. The van der Waals surface area contributed by atoms with Gasteiger partial charge in [-0.25, -0.2) is 4.52 Å². The van der Waals surface area contributed by atoms with E-state index in [1.165, 1.54) is 23.7 Å². The van der Waals surface area contributed by atoms with Crippen molar-refractivity contribution in [3.05, 3.63) is 51.6 Å². The van der Waals surface area contributed by atoms with Gasteiger partial charge in [0.05, 0.1) is 19.4 Å². The molecule has 3 aromatic rings. The molecule has 0 spiro atoms. The fourth-order valence-electron chi connectivity index (χ4n) is 4.14. The lowest BCUT2D eigenvalue weighted by molar-refractivity contribution is 0.206. The molecule has 4 rings (SSSR count). The number of hydrogen-bond acceptors (Lipinski definition) is 5. The van der Waals surface area contributed by atoms with E-state index in [1.807, 2.05) is 31.3 Å². The monoisotopic (exact) mass is 547 g/mol. The molecule has 7 nitrogen and oxygen atoms in total. The number of benzene rings is 1. The summed E-state index contributed by atoms with van der Waals surface area (Å²) in [6.45, 7) is 9.04. The van der Waals surface area contributed by atoms with Gasteiger partial charge in [0, 0.05) is 16.7 Å². The summed E-state index contributed by atoms with van der Waals surface area (Å²) in [4.78, 5) is 23.6. The van der Waals surface area contributed by atoms with Crippen LogP contribution in [0, 0.1) is 11.8 Å². The number of ether oxygens (including phenoxy) is 2. The topological polar surface area (TPSA) is 78.0 Å². The Balaban J connectivity index is 1.50. The van der Waals surface area contributed by atoms with Gasteiger partial charge in [-0.1, -0.05) is 13.8 Å². The van der Waals surface area contributed by atoms with E-state index in [-0.39, 0.29) is 10.6 Å². The van der Waals surface area contributed by atoms with Crippen LogP contribution < -0.4 is 15.0 Å². The first kappa shape index (κ1) is 25.0. The Bertz CT molecular complexity index is 1230. The Hall–Kier alpha value is -2.10. The summed E-state index contributed by atoms with van der Waals surface area (Å²) in [5, 5.41) is 4.29. The van der Waals surface area contributed by atoms with Crippen molar-refractivity contribution in [2.75, 3.05) is 13.7 Å². The van der Waals surface area contributed by atoms with Gasteiger partial charge >= 0.3 is 0 Å². The Kier molecular flexibility index (Phi) is 6.99. The molecular weight excluding hydrogens is 514 g/mol. The maximum Gasteiger partial charge on any atom is 0.282 e. The predicted octanol–water partition coefficient (Wildman–Crippen LogP) is 5.42. The smallest absolute Gasteiger partial charge is 0.282 e.